The Kier molecular flexibility index (Phi) is 3.33. The fraction of sp³-hybridized carbons (Fsp3) is 0.111. The molecule has 2 aromatic heterocycles. The minimum Gasteiger partial charge on any atom is -0.364 e. The zero-order valence-corrected chi connectivity index (χ0v) is 10.0. The number of nitrogens with one attached hydrogen (secondary N) is 1. The summed E-state index contributed by atoms with van der Waals surface area (Å²) in [6.45, 7) is 0.311. The molecule has 17 heavy (non-hydrogen) atoms. The van der Waals surface area contributed by atoms with Gasteiger partial charge >= 0.3 is 5.69 Å². The molecule has 0 aromatic carbocycles. The van der Waals surface area contributed by atoms with Gasteiger partial charge in [-0.15, -0.1) is 0 Å². The zero-order valence-electron chi connectivity index (χ0n) is 8.46. The highest BCUT2D eigenvalue weighted by Crippen LogP contribution is 2.25. The van der Waals surface area contributed by atoms with Crippen LogP contribution in [-0.2, 0) is 6.54 Å². The van der Waals surface area contributed by atoms with Gasteiger partial charge in [0.1, 0.15) is 12.0 Å². The maximum absolute atomic E-state index is 10.8. The Labute approximate surface area is 104 Å². The predicted molar refractivity (Wildman–Crippen MR) is 62.4 cm³/mol. The standard InChI is InChI=1S/C9H7BrN4O3/c10-6-3-8(14(15)16)9(11-4-6)12-5-7-1-2-17-13-7/h1-4H,5H2,(H,11,12). The lowest BCUT2D eigenvalue weighted by Gasteiger charge is -2.03. The number of nitrogens with zero attached hydrogens (tertiary/aromatic N) is 3. The molecule has 0 atom stereocenters. The average Bonchev–Trinajstić information content (AvgIpc) is 2.80. The molecule has 0 aliphatic rings. The van der Waals surface area contributed by atoms with Crippen LogP contribution >= 0.6 is 15.9 Å². The van der Waals surface area contributed by atoms with Gasteiger partial charge in [-0.3, -0.25) is 10.1 Å². The molecule has 0 radical (unpaired) electrons. The second-order valence-corrected chi connectivity index (χ2v) is 4.04. The van der Waals surface area contributed by atoms with Gasteiger partial charge < -0.3 is 9.84 Å². The van der Waals surface area contributed by atoms with Crippen molar-refractivity contribution in [3.8, 4) is 0 Å². The molecule has 0 fully saturated rings. The maximum Gasteiger partial charge on any atom is 0.312 e. The molecule has 8 heteroatoms. The van der Waals surface area contributed by atoms with E-state index < -0.39 is 4.92 Å². The van der Waals surface area contributed by atoms with Gasteiger partial charge in [0.2, 0.25) is 5.82 Å². The lowest BCUT2D eigenvalue weighted by atomic mass is 10.3. The third-order valence-corrected chi connectivity index (χ3v) is 2.39. The quantitative estimate of drug-likeness (QED) is 0.688. The van der Waals surface area contributed by atoms with E-state index in [1.165, 1.54) is 18.5 Å². The topological polar surface area (TPSA) is 94.1 Å². The van der Waals surface area contributed by atoms with E-state index in [0.717, 1.165) is 0 Å². The van der Waals surface area contributed by atoms with Crippen LogP contribution in [0, 0.1) is 10.1 Å². The molecule has 0 aliphatic heterocycles. The highest BCUT2D eigenvalue weighted by Gasteiger charge is 2.15. The summed E-state index contributed by atoms with van der Waals surface area (Å²) in [6.07, 6.45) is 2.92. The Morgan fingerprint density at radius 1 is 1.59 bits per heavy atom. The lowest BCUT2D eigenvalue weighted by Crippen LogP contribution is -2.04. The van der Waals surface area contributed by atoms with Gasteiger partial charge in [0.25, 0.3) is 0 Å². The van der Waals surface area contributed by atoms with E-state index >= 15 is 0 Å². The van der Waals surface area contributed by atoms with E-state index in [9.17, 15) is 10.1 Å². The minimum absolute atomic E-state index is 0.0946. The van der Waals surface area contributed by atoms with Crippen LogP contribution < -0.4 is 5.32 Å². The van der Waals surface area contributed by atoms with Crippen molar-refractivity contribution in [1.29, 1.82) is 0 Å². The first-order valence-electron chi connectivity index (χ1n) is 4.60. The van der Waals surface area contributed by atoms with Gasteiger partial charge in [-0.25, -0.2) is 4.98 Å². The van der Waals surface area contributed by atoms with Crippen molar-refractivity contribution in [2.45, 2.75) is 6.54 Å². The summed E-state index contributed by atoms with van der Waals surface area (Å²) in [5.74, 6) is 0.196. The van der Waals surface area contributed by atoms with E-state index in [-0.39, 0.29) is 11.5 Å². The summed E-state index contributed by atoms with van der Waals surface area (Å²) in [7, 11) is 0. The van der Waals surface area contributed by atoms with Crippen molar-refractivity contribution < 1.29 is 9.45 Å². The van der Waals surface area contributed by atoms with Gasteiger partial charge in [0.15, 0.2) is 0 Å². The van der Waals surface area contributed by atoms with Crippen molar-refractivity contribution >= 4 is 27.4 Å². The lowest BCUT2D eigenvalue weighted by molar-refractivity contribution is -0.384. The maximum atomic E-state index is 10.8. The third kappa shape index (κ3) is 2.78. The number of aromatic nitrogens is 2. The highest BCUT2D eigenvalue weighted by atomic mass is 79.9. The van der Waals surface area contributed by atoms with Crippen molar-refractivity contribution in [3.05, 3.63) is 44.9 Å². The predicted octanol–water partition coefficient (Wildman–Crippen LogP) is 2.35. The van der Waals surface area contributed by atoms with Gasteiger partial charge in [-0.05, 0) is 15.9 Å². The van der Waals surface area contributed by atoms with Crippen LogP contribution in [0.2, 0.25) is 0 Å². The third-order valence-electron chi connectivity index (χ3n) is 1.96. The van der Waals surface area contributed by atoms with E-state index in [2.05, 4.69) is 35.9 Å². The van der Waals surface area contributed by atoms with Crippen molar-refractivity contribution in [1.82, 2.24) is 10.1 Å². The second kappa shape index (κ2) is 4.91. The first kappa shape index (κ1) is 11.5. The number of rotatable bonds is 4. The van der Waals surface area contributed by atoms with Crippen LogP contribution in [0.5, 0.6) is 0 Å². The largest absolute Gasteiger partial charge is 0.364 e. The molecule has 7 nitrogen and oxygen atoms in total. The minimum atomic E-state index is -0.497. The van der Waals surface area contributed by atoms with Crippen LogP contribution in [0.15, 0.2) is 33.6 Å². The van der Waals surface area contributed by atoms with E-state index in [1.807, 2.05) is 0 Å². The molecule has 1 N–H and O–H groups in total. The summed E-state index contributed by atoms with van der Waals surface area (Å²) < 4.78 is 5.20. The van der Waals surface area contributed by atoms with Gasteiger partial charge in [-0.1, -0.05) is 5.16 Å². The Morgan fingerprint density at radius 2 is 2.41 bits per heavy atom. The molecule has 88 valence electrons. The fourth-order valence-corrected chi connectivity index (χ4v) is 1.53. The molecule has 2 rings (SSSR count). The van der Waals surface area contributed by atoms with Crippen molar-refractivity contribution in [2.24, 2.45) is 0 Å². The molecule has 0 amide bonds. The Morgan fingerprint density at radius 3 is 3.06 bits per heavy atom. The highest BCUT2D eigenvalue weighted by molar-refractivity contribution is 9.10. The van der Waals surface area contributed by atoms with Crippen LogP contribution in [-0.4, -0.2) is 15.1 Å². The molecule has 0 saturated carbocycles. The molecule has 0 saturated heterocycles. The molecular formula is C9H7BrN4O3. The Balaban J connectivity index is 2.17. The summed E-state index contributed by atoms with van der Waals surface area (Å²) in [5, 5.41) is 17.3. The number of nitro groups is 1. The zero-order chi connectivity index (χ0) is 12.3. The molecule has 0 spiro atoms. The number of hydrogen-bond acceptors (Lipinski definition) is 6. The average molecular weight is 299 g/mol. The smallest absolute Gasteiger partial charge is 0.312 e. The molecule has 0 bridgehead atoms. The Hall–Kier alpha value is -1.96. The molecule has 2 aromatic rings. The van der Waals surface area contributed by atoms with Crippen LogP contribution in [0.4, 0.5) is 11.5 Å². The van der Waals surface area contributed by atoms with E-state index in [1.54, 1.807) is 6.07 Å². The van der Waals surface area contributed by atoms with Gasteiger partial charge in [-0.2, -0.15) is 0 Å². The molecular weight excluding hydrogens is 292 g/mol. The second-order valence-electron chi connectivity index (χ2n) is 3.12. The van der Waals surface area contributed by atoms with Crippen molar-refractivity contribution in [3.63, 3.8) is 0 Å². The first-order valence-corrected chi connectivity index (χ1v) is 5.39. The first-order chi connectivity index (χ1) is 8.16. The summed E-state index contributed by atoms with van der Waals surface area (Å²) in [6, 6.07) is 3.05. The summed E-state index contributed by atoms with van der Waals surface area (Å²) in [4.78, 5) is 14.2. The van der Waals surface area contributed by atoms with Crippen LogP contribution in [0.3, 0.4) is 0 Å². The van der Waals surface area contributed by atoms with Crippen LogP contribution in [0.1, 0.15) is 5.69 Å². The Bertz CT molecular complexity index is 529. The number of halogens is 1. The number of pyridine rings is 1. The number of anilines is 1. The fourth-order valence-electron chi connectivity index (χ4n) is 1.21. The summed E-state index contributed by atoms with van der Waals surface area (Å²) in [5.41, 5.74) is 0.548. The van der Waals surface area contributed by atoms with Crippen molar-refractivity contribution in [2.75, 3.05) is 5.32 Å². The summed E-state index contributed by atoms with van der Waals surface area (Å²) >= 11 is 3.13. The molecule has 2 heterocycles. The number of hydrogen-bond donors (Lipinski definition) is 1. The van der Waals surface area contributed by atoms with Gasteiger partial charge in [0, 0.05) is 22.8 Å². The van der Waals surface area contributed by atoms with Crippen LogP contribution in [0.25, 0.3) is 0 Å². The molecule has 0 aliphatic carbocycles. The monoisotopic (exact) mass is 298 g/mol. The van der Waals surface area contributed by atoms with Gasteiger partial charge in [0.05, 0.1) is 11.5 Å². The SMILES string of the molecule is O=[N+]([O-])c1cc(Br)cnc1NCc1ccon1. The normalized spacial score (nSPS) is 10.2. The van der Waals surface area contributed by atoms with E-state index in [4.69, 9.17) is 0 Å². The van der Waals surface area contributed by atoms with E-state index in [0.29, 0.717) is 16.7 Å². The molecule has 0 unspecified atom stereocenters.